The molecule has 3 aromatic rings. The quantitative estimate of drug-likeness (QED) is 0.637. The molecular weight excluding hydrogens is 324 g/mol. The molecule has 0 saturated heterocycles. The minimum Gasteiger partial charge on any atom is -0.298 e. The van der Waals surface area contributed by atoms with Gasteiger partial charge in [-0.1, -0.05) is 42.1 Å². The molecule has 1 aliphatic rings. The number of hydrogen-bond acceptors (Lipinski definition) is 5. The van der Waals surface area contributed by atoms with Gasteiger partial charge in [-0.3, -0.25) is 4.79 Å². The van der Waals surface area contributed by atoms with Gasteiger partial charge in [-0.25, -0.2) is 9.97 Å². The van der Waals surface area contributed by atoms with E-state index in [1.54, 1.807) is 23.1 Å². The van der Waals surface area contributed by atoms with Crippen LogP contribution in [0.4, 0.5) is 0 Å². The Morgan fingerprint density at radius 1 is 1.22 bits per heavy atom. The number of carbonyl (C=O) groups excluding carboxylic acids is 1. The number of carbonyl (C=O) groups is 1. The van der Waals surface area contributed by atoms with Gasteiger partial charge in [0.25, 0.3) is 0 Å². The summed E-state index contributed by atoms with van der Waals surface area (Å²) in [5.41, 5.74) is 1.20. The largest absolute Gasteiger partial charge is 0.298 e. The molecule has 116 valence electrons. The Labute approximate surface area is 143 Å². The molecule has 0 amide bonds. The average Bonchev–Trinajstić information content (AvgIpc) is 3.15. The van der Waals surface area contributed by atoms with Gasteiger partial charge in [-0.05, 0) is 31.4 Å². The molecule has 5 heteroatoms. The number of benzene rings is 1. The molecule has 23 heavy (non-hydrogen) atoms. The molecule has 0 aliphatic heterocycles. The van der Waals surface area contributed by atoms with Gasteiger partial charge in [-0.2, -0.15) is 0 Å². The maximum Gasteiger partial charge on any atom is 0.146 e. The first-order valence-corrected chi connectivity index (χ1v) is 9.43. The van der Waals surface area contributed by atoms with E-state index in [2.05, 4.69) is 28.2 Å². The van der Waals surface area contributed by atoms with E-state index >= 15 is 0 Å². The zero-order valence-electron chi connectivity index (χ0n) is 12.8. The monoisotopic (exact) mass is 340 g/mol. The van der Waals surface area contributed by atoms with Crippen LogP contribution in [0.3, 0.4) is 0 Å². The number of fused-ring (bicyclic) bond motifs is 1. The molecule has 1 saturated carbocycles. The summed E-state index contributed by atoms with van der Waals surface area (Å²) in [6.07, 6.45) is 2.68. The van der Waals surface area contributed by atoms with E-state index in [1.807, 2.05) is 25.1 Å². The molecule has 1 fully saturated rings. The van der Waals surface area contributed by atoms with Crippen molar-refractivity contribution < 1.29 is 4.79 Å². The third kappa shape index (κ3) is 2.91. The second-order valence-electron chi connectivity index (χ2n) is 5.74. The number of thiophene rings is 1. The van der Waals surface area contributed by atoms with E-state index in [0.717, 1.165) is 33.9 Å². The number of ketones is 1. The fraction of sp³-hybridized carbons (Fsp3) is 0.278. The first-order valence-electron chi connectivity index (χ1n) is 7.74. The summed E-state index contributed by atoms with van der Waals surface area (Å²) in [6, 6.07) is 12.5. The average molecular weight is 340 g/mol. The number of hydrogen-bond donors (Lipinski definition) is 0. The van der Waals surface area contributed by atoms with Crippen LogP contribution in [0.25, 0.3) is 20.7 Å². The molecule has 1 aliphatic carbocycles. The van der Waals surface area contributed by atoms with E-state index in [4.69, 9.17) is 0 Å². The standard InChI is InChI=1S/C18H16N2OS2/c1-11-19-17(22-15-9-5-8-14(15)21)13-10-16(23-18(13)20-11)12-6-3-2-4-7-12/h2-4,6-7,10,15H,5,8-9H2,1H3/t15-/m0/s1. The SMILES string of the molecule is Cc1nc(S[C@H]2CCCC2=O)c2cc(-c3ccccc3)sc2n1. The predicted molar refractivity (Wildman–Crippen MR) is 96.1 cm³/mol. The van der Waals surface area contributed by atoms with E-state index in [1.165, 1.54) is 10.4 Å². The van der Waals surface area contributed by atoms with Crippen LogP contribution in [0.1, 0.15) is 25.1 Å². The predicted octanol–water partition coefficient (Wildman–Crippen LogP) is 4.88. The molecule has 0 spiro atoms. The molecule has 4 rings (SSSR count). The Balaban J connectivity index is 1.78. The van der Waals surface area contributed by atoms with Crippen molar-refractivity contribution >= 4 is 39.1 Å². The minimum absolute atomic E-state index is 0.0626. The zero-order chi connectivity index (χ0) is 15.8. The van der Waals surface area contributed by atoms with Crippen molar-refractivity contribution in [2.24, 2.45) is 0 Å². The van der Waals surface area contributed by atoms with E-state index in [9.17, 15) is 4.79 Å². The highest BCUT2D eigenvalue weighted by Gasteiger charge is 2.27. The van der Waals surface area contributed by atoms with Crippen LogP contribution in [-0.4, -0.2) is 21.0 Å². The topological polar surface area (TPSA) is 42.9 Å². The Morgan fingerprint density at radius 2 is 2.04 bits per heavy atom. The highest BCUT2D eigenvalue weighted by molar-refractivity contribution is 8.00. The maximum atomic E-state index is 12.0. The van der Waals surface area contributed by atoms with E-state index in [0.29, 0.717) is 12.2 Å². The van der Waals surface area contributed by atoms with Gasteiger partial charge in [0.2, 0.25) is 0 Å². The van der Waals surface area contributed by atoms with Gasteiger partial charge in [0.15, 0.2) is 0 Å². The van der Waals surface area contributed by atoms with Crippen molar-refractivity contribution in [1.82, 2.24) is 9.97 Å². The van der Waals surface area contributed by atoms with Crippen LogP contribution in [-0.2, 0) is 4.79 Å². The van der Waals surface area contributed by atoms with Gasteiger partial charge in [-0.15, -0.1) is 11.3 Å². The van der Waals surface area contributed by atoms with Crippen LogP contribution >= 0.6 is 23.1 Å². The number of rotatable bonds is 3. The number of thioether (sulfide) groups is 1. The Morgan fingerprint density at radius 3 is 2.78 bits per heavy atom. The zero-order valence-corrected chi connectivity index (χ0v) is 14.4. The summed E-state index contributed by atoms with van der Waals surface area (Å²) < 4.78 is 0. The minimum atomic E-state index is 0.0626. The highest BCUT2D eigenvalue weighted by atomic mass is 32.2. The summed E-state index contributed by atoms with van der Waals surface area (Å²) >= 11 is 3.31. The second-order valence-corrected chi connectivity index (χ2v) is 7.96. The summed E-state index contributed by atoms with van der Waals surface area (Å²) in [6.45, 7) is 1.92. The molecule has 0 bridgehead atoms. The molecule has 1 atom stereocenters. The summed E-state index contributed by atoms with van der Waals surface area (Å²) in [7, 11) is 0. The van der Waals surface area contributed by atoms with Crippen LogP contribution in [0.5, 0.6) is 0 Å². The van der Waals surface area contributed by atoms with Crippen molar-refractivity contribution in [3.05, 3.63) is 42.2 Å². The van der Waals surface area contributed by atoms with E-state index < -0.39 is 0 Å². The second kappa shape index (κ2) is 6.06. The third-order valence-corrected chi connectivity index (χ3v) is 6.43. The summed E-state index contributed by atoms with van der Waals surface area (Å²) in [5, 5.41) is 2.09. The van der Waals surface area contributed by atoms with Crippen molar-refractivity contribution in [2.45, 2.75) is 36.5 Å². The van der Waals surface area contributed by atoms with Crippen molar-refractivity contribution in [3.63, 3.8) is 0 Å². The highest BCUT2D eigenvalue weighted by Crippen LogP contribution is 2.39. The van der Waals surface area contributed by atoms with Gasteiger partial charge in [0.05, 0.1) is 5.25 Å². The number of aryl methyl sites for hydroxylation is 1. The van der Waals surface area contributed by atoms with Gasteiger partial charge >= 0.3 is 0 Å². The Kier molecular flexibility index (Phi) is 3.91. The molecular formula is C18H16N2OS2. The fourth-order valence-electron chi connectivity index (χ4n) is 2.87. The number of nitrogens with zero attached hydrogens (tertiary/aromatic N) is 2. The van der Waals surface area contributed by atoms with Crippen LogP contribution in [0.2, 0.25) is 0 Å². The molecule has 1 aromatic carbocycles. The molecule has 2 aromatic heterocycles. The van der Waals surface area contributed by atoms with Crippen molar-refractivity contribution in [3.8, 4) is 10.4 Å². The lowest BCUT2D eigenvalue weighted by molar-refractivity contribution is -0.116. The lowest BCUT2D eigenvalue weighted by Crippen LogP contribution is -2.08. The molecule has 0 radical (unpaired) electrons. The normalized spacial score (nSPS) is 18.0. The molecule has 0 N–H and O–H groups in total. The molecule has 0 unspecified atom stereocenters. The fourth-order valence-corrected chi connectivity index (χ4v) is 5.29. The molecule has 3 nitrogen and oxygen atoms in total. The van der Waals surface area contributed by atoms with Gasteiger partial charge in [0.1, 0.15) is 21.5 Å². The van der Waals surface area contributed by atoms with Gasteiger partial charge < -0.3 is 0 Å². The Bertz CT molecular complexity index is 873. The first kappa shape index (κ1) is 14.8. The van der Waals surface area contributed by atoms with Crippen molar-refractivity contribution in [1.29, 1.82) is 0 Å². The Hall–Kier alpha value is -1.72. The smallest absolute Gasteiger partial charge is 0.146 e. The van der Waals surface area contributed by atoms with Crippen LogP contribution in [0, 0.1) is 6.92 Å². The first-order chi connectivity index (χ1) is 11.2. The summed E-state index contributed by atoms with van der Waals surface area (Å²) in [5.74, 6) is 1.13. The number of aromatic nitrogens is 2. The molecule has 2 heterocycles. The third-order valence-electron chi connectivity index (χ3n) is 4.03. The maximum absolute atomic E-state index is 12.0. The lowest BCUT2D eigenvalue weighted by Gasteiger charge is -2.08. The number of Topliss-reactive ketones (excluding diaryl/α,β-unsaturated/α-hetero) is 1. The van der Waals surface area contributed by atoms with Crippen LogP contribution in [0.15, 0.2) is 41.4 Å². The van der Waals surface area contributed by atoms with Gasteiger partial charge in [0, 0.05) is 16.7 Å². The summed E-state index contributed by atoms with van der Waals surface area (Å²) in [4.78, 5) is 23.4. The van der Waals surface area contributed by atoms with Crippen molar-refractivity contribution in [2.75, 3.05) is 0 Å². The van der Waals surface area contributed by atoms with E-state index in [-0.39, 0.29) is 5.25 Å². The van der Waals surface area contributed by atoms with Crippen LogP contribution < -0.4 is 0 Å². The lowest BCUT2D eigenvalue weighted by atomic mass is 10.2.